The van der Waals surface area contributed by atoms with Crippen molar-refractivity contribution in [1.29, 1.82) is 0 Å². The molecule has 0 radical (unpaired) electrons. The molecule has 1 aromatic carbocycles. The van der Waals surface area contributed by atoms with Crippen molar-refractivity contribution in [3.8, 4) is 0 Å². The fourth-order valence-corrected chi connectivity index (χ4v) is 3.91. The van der Waals surface area contributed by atoms with E-state index in [1.54, 1.807) is 0 Å². The summed E-state index contributed by atoms with van der Waals surface area (Å²) in [7, 11) is -4.96. The van der Waals surface area contributed by atoms with Crippen molar-refractivity contribution >= 4 is 52.8 Å². The van der Waals surface area contributed by atoms with Crippen LogP contribution in [0.3, 0.4) is 0 Å². The van der Waals surface area contributed by atoms with Crippen LogP contribution in [-0.2, 0) is 10.1 Å². The predicted octanol–water partition coefficient (Wildman–Crippen LogP) is -0.260. The summed E-state index contributed by atoms with van der Waals surface area (Å²) in [5.41, 5.74) is -0.810. The van der Waals surface area contributed by atoms with Crippen LogP contribution in [0.5, 0.6) is 0 Å². The Hall–Kier alpha value is -0.930. The molecule has 9 heteroatoms. The zero-order chi connectivity index (χ0) is 15.1. The minimum absolute atomic E-state index is 0.134. The van der Waals surface area contributed by atoms with Gasteiger partial charge in [0.05, 0.1) is 0 Å². The summed E-state index contributed by atoms with van der Waals surface area (Å²) < 4.78 is 32.1. The Bertz CT molecular complexity index is 649. The molecule has 0 amide bonds. The number of aromatic carboxylic acids is 2. The molecule has 0 atom stereocenters. The number of benzene rings is 1. The number of hydrogen-bond donors (Lipinski definition) is 3. The van der Waals surface area contributed by atoms with Gasteiger partial charge in [-0.1, -0.05) is 0 Å². The second kappa shape index (κ2) is 5.22. The molecule has 0 saturated heterocycles. The van der Waals surface area contributed by atoms with Crippen LogP contribution in [0.25, 0.3) is 0 Å². The normalized spacial score (nSPS) is 11.4. The van der Waals surface area contributed by atoms with E-state index >= 15 is 0 Å². The number of carbonyl (C=O) groups is 2. The Kier molecular flexibility index (Phi) is 4.43. The van der Waals surface area contributed by atoms with Gasteiger partial charge in [-0.15, -0.1) is 0 Å². The summed E-state index contributed by atoms with van der Waals surface area (Å²) in [6.45, 7) is 2.89. The fraction of sp³-hybridized carbons (Fsp3) is 0.200. The Morgan fingerprint density at radius 2 is 1.42 bits per heavy atom. The molecule has 0 aromatic heterocycles. The van der Waals surface area contributed by atoms with Crippen molar-refractivity contribution in [1.82, 2.24) is 0 Å². The SMILES string of the molecule is Cc1c(C)c(C(=O)O)c(S(=O)(=O)O)c(C(=O)O)[c]1[Na]. The van der Waals surface area contributed by atoms with Gasteiger partial charge in [0.25, 0.3) is 0 Å². The van der Waals surface area contributed by atoms with Gasteiger partial charge < -0.3 is 0 Å². The standard InChI is InChI=1S/C10H9O7S.Na/c1-4-3-6(9(11)12)8(18(15,16)17)7(5(4)2)10(13)14;/h1-2H3,(H,11,12)(H,13,14)(H,15,16,17);. The summed E-state index contributed by atoms with van der Waals surface area (Å²) in [6.07, 6.45) is 0. The molecule has 0 aliphatic carbocycles. The third-order valence-corrected chi connectivity index (χ3v) is 5.19. The molecule has 7 nitrogen and oxygen atoms in total. The molecule has 0 heterocycles. The maximum atomic E-state index is 11.3. The Balaban J connectivity index is 4.16. The molecule has 1 rings (SSSR count). The number of rotatable bonds is 3. The van der Waals surface area contributed by atoms with Gasteiger partial charge in [-0.25, -0.2) is 0 Å². The molecule has 0 spiro atoms. The topological polar surface area (TPSA) is 129 Å². The van der Waals surface area contributed by atoms with E-state index < -0.39 is 38.1 Å². The van der Waals surface area contributed by atoms with Crippen LogP contribution in [0.2, 0.25) is 0 Å². The molecule has 0 aliphatic rings. The van der Waals surface area contributed by atoms with Crippen LogP contribution in [0, 0.1) is 13.8 Å². The van der Waals surface area contributed by atoms with Crippen molar-refractivity contribution in [3.63, 3.8) is 0 Å². The summed E-state index contributed by atoms with van der Waals surface area (Å²) in [4.78, 5) is 21.3. The van der Waals surface area contributed by atoms with Gasteiger partial charge >= 0.3 is 127 Å². The second-order valence-corrected chi connectivity index (χ2v) is 6.40. The first-order chi connectivity index (χ1) is 8.50. The van der Waals surface area contributed by atoms with Gasteiger partial charge in [0, 0.05) is 0 Å². The molecular formula is C10H9NaO7S. The fourth-order valence-electron chi connectivity index (χ4n) is 1.89. The Morgan fingerprint density at radius 3 is 1.74 bits per heavy atom. The molecule has 19 heavy (non-hydrogen) atoms. The predicted molar refractivity (Wildman–Crippen MR) is 65.0 cm³/mol. The molecule has 1 aromatic rings. The Morgan fingerprint density at radius 1 is 1.00 bits per heavy atom. The van der Waals surface area contributed by atoms with Crippen LogP contribution in [0.4, 0.5) is 0 Å². The van der Waals surface area contributed by atoms with E-state index in [1.807, 2.05) is 0 Å². The quantitative estimate of drug-likeness (QED) is 0.517. The van der Waals surface area contributed by atoms with Gasteiger partial charge in [-0.3, -0.25) is 0 Å². The zero-order valence-electron chi connectivity index (χ0n) is 10.4. The third-order valence-electron chi connectivity index (χ3n) is 3.01. The summed E-state index contributed by atoms with van der Waals surface area (Å²) >= 11 is 0.201. The third kappa shape index (κ3) is 2.82. The molecule has 0 aliphatic heterocycles. The molecule has 0 fully saturated rings. The first-order valence-electron chi connectivity index (χ1n) is 5.08. The molecule has 0 saturated carbocycles. The van der Waals surface area contributed by atoms with Crippen LogP contribution in [-0.4, -0.2) is 63.1 Å². The van der Waals surface area contributed by atoms with E-state index in [0.29, 0.717) is 5.56 Å². The molecular weight excluding hydrogens is 287 g/mol. The summed E-state index contributed by atoms with van der Waals surface area (Å²) in [6, 6.07) is 0. The van der Waals surface area contributed by atoms with Crippen LogP contribution >= 0.6 is 0 Å². The van der Waals surface area contributed by atoms with Crippen LogP contribution in [0.1, 0.15) is 31.8 Å². The van der Waals surface area contributed by atoms with Gasteiger partial charge in [-0.2, -0.15) is 0 Å². The monoisotopic (exact) mass is 296 g/mol. The van der Waals surface area contributed by atoms with E-state index in [1.165, 1.54) is 13.8 Å². The summed E-state index contributed by atoms with van der Waals surface area (Å²) in [5.74, 6) is -3.18. The molecule has 3 N–H and O–H groups in total. The van der Waals surface area contributed by atoms with Crippen molar-refractivity contribution in [2.75, 3.05) is 0 Å². The number of carboxylic acid groups (broad SMARTS) is 2. The van der Waals surface area contributed by atoms with Crippen molar-refractivity contribution in [2.45, 2.75) is 18.7 Å². The van der Waals surface area contributed by atoms with E-state index in [4.69, 9.17) is 14.8 Å². The Labute approximate surface area is 126 Å². The van der Waals surface area contributed by atoms with Gasteiger partial charge in [-0.05, 0) is 0 Å². The van der Waals surface area contributed by atoms with Gasteiger partial charge in [0.2, 0.25) is 0 Å². The average Bonchev–Trinajstić information content (AvgIpc) is 2.22. The first-order valence-corrected chi connectivity index (χ1v) is 7.52. The van der Waals surface area contributed by atoms with Crippen molar-refractivity contribution < 1.29 is 32.8 Å². The first kappa shape index (κ1) is 16.1. The van der Waals surface area contributed by atoms with E-state index in [2.05, 4.69) is 0 Å². The van der Waals surface area contributed by atoms with Gasteiger partial charge in [0.15, 0.2) is 0 Å². The number of hydrogen-bond acceptors (Lipinski definition) is 4. The zero-order valence-corrected chi connectivity index (χ0v) is 13.2. The van der Waals surface area contributed by atoms with Gasteiger partial charge in [0.1, 0.15) is 0 Å². The van der Waals surface area contributed by atoms with Crippen LogP contribution < -0.4 is 2.81 Å². The maximum absolute atomic E-state index is 11.3. The molecule has 0 unspecified atom stereocenters. The van der Waals surface area contributed by atoms with E-state index in [0.717, 1.165) is 0 Å². The second-order valence-electron chi connectivity index (χ2n) is 4.04. The summed E-state index contributed by atoms with van der Waals surface area (Å²) in [5, 5.41) is 18.2. The van der Waals surface area contributed by atoms with E-state index in [-0.39, 0.29) is 36.3 Å². The van der Waals surface area contributed by atoms with Crippen molar-refractivity contribution in [3.05, 3.63) is 22.3 Å². The number of carboxylic acids is 2. The van der Waals surface area contributed by atoms with E-state index in [9.17, 15) is 18.0 Å². The molecule has 0 bridgehead atoms. The average molecular weight is 296 g/mol. The minimum atomic E-state index is -4.96. The van der Waals surface area contributed by atoms with Crippen molar-refractivity contribution in [2.24, 2.45) is 0 Å². The molecule has 98 valence electrons. The van der Waals surface area contributed by atoms with Crippen LogP contribution in [0.15, 0.2) is 4.90 Å².